The van der Waals surface area contributed by atoms with Crippen molar-refractivity contribution in [3.05, 3.63) is 45.8 Å². The van der Waals surface area contributed by atoms with Gasteiger partial charge in [-0.1, -0.05) is 11.6 Å². The second-order valence-electron chi connectivity index (χ2n) is 9.19. The van der Waals surface area contributed by atoms with Gasteiger partial charge in [0.05, 0.1) is 28.6 Å². The van der Waals surface area contributed by atoms with Crippen LogP contribution in [0.15, 0.2) is 29.2 Å². The molecule has 4 heterocycles. The minimum absolute atomic E-state index is 0.00589. The number of alkyl halides is 2. The third kappa shape index (κ3) is 5.64. The molecule has 1 saturated heterocycles. The van der Waals surface area contributed by atoms with E-state index >= 15 is 0 Å². The Kier molecular flexibility index (Phi) is 7.89. The fourth-order valence-corrected chi connectivity index (χ4v) is 6.50. The first-order valence-corrected chi connectivity index (χ1v) is 15.2. The van der Waals surface area contributed by atoms with Crippen molar-refractivity contribution in [2.45, 2.75) is 50.3 Å². The minimum Gasteiger partial charge on any atom is -0.378 e. The molecule has 1 aliphatic rings. The summed E-state index contributed by atoms with van der Waals surface area (Å²) in [6, 6.07) is 6.31. The molecule has 0 spiro atoms. The molecule has 1 aromatic carbocycles. The highest BCUT2D eigenvalue weighted by Gasteiger charge is 2.29. The summed E-state index contributed by atoms with van der Waals surface area (Å²) in [5.74, 6) is -0.487. The Morgan fingerprint density at radius 1 is 1.23 bits per heavy atom. The highest BCUT2D eigenvalue weighted by molar-refractivity contribution is 7.90. The van der Waals surface area contributed by atoms with Crippen LogP contribution in [0.25, 0.3) is 21.7 Å². The Morgan fingerprint density at radius 3 is 2.69 bits per heavy atom. The van der Waals surface area contributed by atoms with E-state index in [0.29, 0.717) is 30.2 Å². The molecular weight excluding hydrogens is 572 g/mol. The van der Waals surface area contributed by atoms with Crippen molar-refractivity contribution in [1.29, 1.82) is 0 Å². The zero-order chi connectivity index (χ0) is 27.9. The number of hydrogen-bond acceptors (Lipinski definition) is 9. The smallest absolute Gasteiger partial charge is 0.295 e. The molecule has 4 aromatic rings. The van der Waals surface area contributed by atoms with Gasteiger partial charge in [0.15, 0.2) is 21.3 Å². The fourth-order valence-electron chi connectivity index (χ4n) is 4.54. The number of aryl methyl sites for hydroxylation is 1. The first-order chi connectivity index (χ1) is 18.6. The van der Waals surface area contributed by atoms with Crippen molar-refractivity contribution < 1.29 is 26.7 Å². The number of methoxy groups -OCH3 is 1. The average Bonchev–Trinajstić information content (AvgIpc) is 3.45. The van der Waals surface area contributed by atoms with Crippen LogP contribution in [0.1, 0.15) is 48.3 Å². The van der Waals surface area contributed by atoms with Gasteiger partial charge >= 0.3 is 0 Å². The number of aromatic nitrogens is 4. The first-order valence-electron chi connectivity index (χ1n) is 12.1. The van der Waals surface area contributed by atoms with Crippen LogP contribution in [0.3, 0.4) is 0 Å². The third-order valence-corrected chi connectivity index (χ3v) is 8.75. The number of nitrogens with zero attached hydrogens (tertiary/aromatic N) is 4. The number of fused-ring (bicyclic) bond motifs is 1. The molecule has 1 fully saturated rings. The molecule has 5 rings (SSSR count). The third-order valence-electron chi connectivity index (χ3n) is 6.35. The summed E-state index contributed by atoms with van der Waals surface area (Å²) < 4.78 is 66.1. The number of ether oxygens (including phenoxy) is 2. The van der Waals surface area contributed by atoms with E-state index in [0.717, 1.165) is 29.7 Å². The van der Waals surface area contributed by atoms with Crippen LogP contribution in [0.4, 0.5) is 20.2 Å². The molecule has 0 radical (unpaired) electrons. The lowest BCUT2D eigenvalue weighted by Gasteiger charge is -2.25. The van der Waals surface area contributed by atoms with Crippen molar-refractivity contribution in [3.63, 3.8) is 0 Å². The zero-order valence-electron chi connectivity index (χ0n) is 21.4. The predicted octanol–water partition coefficient (Wildman–Crippen LogP) is 6.45. The van der Waals surface area contributed by atoms with Gasteiger partial charge in [0.1, 0.15) is 21.9 Å². The fraction of sp³-hybridized carbons (Fsp3) is 0.400. The van der Waals surface area contributed by atoms with Crippen LogP contribution in [0, 0.1) is 6.92 Å². The maximum atomic E-state index is 14.1. The molecule has 0 bridgehead atoms. The van der Waals surface area contributed by atoms with Crippen LogP contribution in [0.2, 0.25) is 5.15 Å². The van der Waals surface area contributed by atoms with Crippen LogP contribution in [-0.4, -0.2) is 47.9 Å². The highest BCUT2D eigenvalue weighted by Crippen LogP contribution is 2.38. The quantitative estimate of drug-likeness (QED) is 0.231. The maximum Gasteiger partial charge on any atom is 0.295 e. The molecule has 1 N–H and O–H groups in total. The molecule has 3 aromatic heterocycles. The summed E-state index contributed by atoms with van der Waals surface area (Å²) in [6.07, 6.45) is -0.250. The van der Waals surface area contributed by atoms with Gasteiger partial charge in [-0.25, -0.2) is 32.2 Å². The van der Waals surface area contributed by atoms with Crippen LogP contribution in [0.5, 0.6) is 0 Å². The van der Waals surface area contributed by atoms with Gasteiger partial charge in [0.25, 0.3) is 6.43 Å². The van der Waals surface area contributed by atoms with E-state index in [2.05, 4.69) is 20.3 Å². The number of pyridine rings is 1. The second kappa shape index (κ2) is 11.0. The summed E-state index contributed by atoms with van der Waals surface area (Å²) >= 11 is 7.74. The van der Waals surface area contributed by atoms with E-state index in [1.165, 1.54) is 28.0 Å². The predicted molar refractivity (Wildman–Crippen MR) is 146 cm³/mol. The molecule has 0 saturated carbocycles. The van der Waals surface area contributed by atoms with Crippen LogP contribution < -0.4 is 5.32 Å². The average molecular weight is 598 g/mol. The number of benzene rings is 1. The van der Waals surface area contributed by atoms with E-state index < -0.39 is 28.3 Å². The summed E-state index contributed by atoms with van der Waals surface area (Å²) in [6.45, 7) is 2.71. The van der Waals surface area contributed by atoms with Gasteiger partial charge in [0.2, 0.25) is 0 Å². The van der Waals surface area contributed by atoms with Crippen molar-refractivity contribution in [2.75, 3.05) is 25.3 Å². The largest absolute Gasteiger partial charge is 0.378 e. The molecule has 0 amide bonds. The van der Waals surface area contributed by atoms with E-state index in [9.17, 15) is 17.2 Å². The van der Waals surface area contributed by atoms with E-state index in [1.807, 2.05) is 6.92 Å². The Labute approximate surface area is 233 Å². The number of anilines is 2. The zero-order valence-corrected chi connectivity index (χ0v) is 23.8. The number of hydrogen-bond donors (Lipinski definition) is 1. The number of halogens is 3. The summed E-state index contributed by atoms with van der Waals surface area (Å²) in [7, 11) is -2.14. The SMILES string of the molecule is COCc1nc(-c2ccc(Nc3cc(Cl)nc4c3nc(C(F)F)n4C3CCCCO3)c(S(C)(=O)=O)c2)sc1C. The van der Waals surface area contributed by atoms with Crippen molar-refractivity contribution in [2.24, 2.45) is 0 Å². The first kappa shape index (κ1) is 27.8. The van der Waals surface area contributed by atoms with Gasteiger partial charge < -0.3 is 14.8 Å². The lowest BCUT2D eigenvalue weighted by molar-refractivity contribution is -0.0363. The van der Waals surface area contributed by atoms with Crippen molar-refractivity contribution in [1.82, 2.24) is 19.5 Å². The lowest BCUT2D eigenvalue weighted by atomic mass is 10.2. The van der Waals surface area contributed by atoms with E-state index in [4.69, 9.17) is 21.1 Å². The molecule has 1 unspecified atom stereocenters. The maximum absolute atomic E-state index is 14.1. The van der Waals surface area contributed by atoms with Gasteiger partial charge in [-0.05, 0) is 44.4 Å². The van der Waals surface area contributed by atoms with Crippen LogP contribution in [-0.2, 0) is 25.9 Å². The number of thiazole rings is 1. The minimum atomic E-state index is -3.72. The summed E-state index contributed by atoms with van der Waals surface area (Å²) in [4.78, 5) is 14.0. The molecule has 14 heteroatoms. The normalized spacial score (nSPS) is 16.3. The molecule has 0 aliphatic carbocycles. The van der Waals surface area contributed by atoms with Crippen LogP contribution >= 0.6 is 22.9 Å². The Hall–Kier alpha value is -2.71. The Bertz CT molecular complexity index is 1640. The topological polar surface area (TPSA) is 108 Å². The molecular formula is C25H26ClF2N5O4S2. The molecule has 208 valence electrons. The summed E-state index contributed by atoms with van der Waals surface area (Å²) in [5.41, 5.74) is 2.14. The molecule has 1 aliphatic heterocycles. The molecule has 39 heavy (non-hydrogen) atoms. The second-order valence-corrected chi connectivity index (χ2v) is 12.8. The standard InChI is InChI=1S/C25H26ClF2N5O4S2/c1-13-17(12-36-2)30-25(38-13)14-7-8-15(18(10-14)39(3,34)35)29-16-11-19(26)31-23-21(16)32-24(22(27)28)33(23)20-6-4-5-9-37-20/h7-8,10-11,20,22H,4-6,9,12H2,1-3H3,(H,29,31). The van der Waals surface area contributed by atoms with Gasteiger partial charge in [-0.3, -0.25) is 4.57 Å². The number of imidazole rings is 1. The number of nitrogens with one attached hydrogen (secondary N) is 1. The molecule has 1 atom stereocenters. The number of sulfone groups is 1. The van der Waals surface area contributed by atoms with Gasteiger partial charge in [0, 0.05) is 36.5 Å². The Balaban J connectivity index is 1.61. The van der Waals surface area contributed by atoms with Crippen molar-refractivity contribution in [3.8, 4) is 10.6 Å². The molecule has 9 nitrogen and oxygen atoms in total. The van der Waals surface area contributed by atoms with E-state index in [-0.39, 0.29) is 32.6 Å². The summed E-state index contributed by atoms with van der Waals surface area (Å²) in [5, 5.41) is 3.74. The number of rotatable bonds is 8. The highest BCUT2D eigenvalue weighted by atomic mass is 35.5. The lowest BCUT2D eigenvalue weighted by Crippen LogP contribution is -2.20. The van der Waals surface area contributed by atoms with Gasteiger partial charge in [-0.2, -0.15) is 0 Å². The van der Waals surface area contributed by atoms with E-state index in [1.54, 1.807) is 19.2 Å². The van der Waals surface area contributed by atoms with Gasteiger partial charge in [-0.15, -0.1) is 11.3 Å². The monoisotopic (exact) mass is 597 g/mol. The van der Waals surface area contributed by atoms with Crippen molar-refractivity contribution >= 4 is 55.3 Å². The Morgan fingerprint density at radius 2 is 2.03 bits per heavy atom.